The van der Waals surface area contributed by atoms with Crippen LogP contribution in [0.25, 0.3) is 0 Å². The molecular weight excluding hydrogens is 410 g/mol. The molecule has 11 heteroatoms. The number of rotatable bonds is 9. The van der Waals surface area contributed by atoms with Gasteiger partial charge in [0.15, 0.2) is 23.9 Å². The quantitative estimate of drug-likeness (QED) is 0.514. The molecule has 0 radical (unpaired) electrons. The van der Waals surface area contributed by atoms with Crippen LogP contribution in [0.3, 0.4) is 0 Å². The van der Waals surface area contributed by atoms with Crippen LogP contribution in [-0.4, -0.2) is 46.3 Å². The molecule has 2 aromatic heterocycles. The Morgan fingerprint density at radius 1 is 1.20 bits per heavy atom. The summed E-state index contributed by atoms with van der Waals surface area (Å²) in [4.78, 5) is 25.8. The van der Waals surface area contributed by atoms with Gasteiger partial charge in [0.05, 0.1) is 30.3 Å². The van der Waals surface area contributed by atoms with Crippen LogP contribution in [0.15, 0.2) is 29.6 Å². The zero-order valence-corrected chi connectivity index (χ0v) is 17.6. The fourth-order valence-electron chi connectivity index (χ4n) is 2.66. The Labute approximate surface area is 176 Å². The van der Waals surface area contributed by atoms with Gasteiger partial charge in [0.2, 0.25) is 0 Å². The van der Waals surface area contributed by atoms with Gasteiger partial charge in [-0.1, -0.05) is 13.0 Å². The number of nitrogens with zero attached hydrogens (tertiary/aromatic N) is 4. The highest BCUT2D eigenvalue weighted by molar-refractivity contribution is 7.12. The third kappa shape index (κ3) is 4.74. The molecular formula is C19H21N5O5S. The fraction of sp³-hybridized carbons (Fsp3) is 0.316. The van der Waals surface area contributed by atoms with E-state index in [9.17, 15) is 9.59 Å². The molecule has 3 rings (SSSR count). The van der Waals surface area contributed by atoms with Crippen LogP contribution in [0, 0.1) is 0 Å². The summed E-state index contributed by atoms with van der Waals surface area (Å²) in [5.41, 5.74) is 0.358. The first kappa shape index (κ1) is 21.2. The molecule has 1 N–H and O–H groups in total. The number of benzene rings is 1. The topological polar surface area (TPSA) is 117 Å². The molecule has 0 atom stereocenters. The number of anilines is 1. The van der Waals surface area contributed by atoms with Crippen molar-refractivity contribution in [2.45, 2.75) is 26.5 Å². The van der Waals surface area contributed by atoms with Crippen molar-refractivity contribution in [3.8, 4) is 11.5 Å². The van der Waals surface area contributed by atoms with Gasteiger partial charge in [0, 0.05) is 18.7 Å². The molecule has 0 spiro atoms. The second-order valence-corrected chi connectivity index (χ2v) is 7.03. The standard InChI is InChI=1S/C19H21N5O5S/c1-4-7-24-17(21-22-23-24)11-29-19(26)12-9-14(27-2)15(28-3)10-13(12)20-18(25)16-6-5-8-30-16/h5-6,8-10H,4,7,11H2,1-3H3,(H,20,25). The van der Waals surface area contributed by atoms with Crippen molar-refractivity contribution >= 4 is 28.9 Å². The summed E-state index contributed by atoms with van der Waals surface area (Å²) in [6.07, 6.45) is 0.834. The maximum absolute atomic E-state index is 12.8. The minimum Gasteiger partial charge on any atom is -0.493 e. The normalized spacial score (nSPS) is 10.5. The predicted molar refractivity (Wildman–Crippen MR) is 109 cm³/mol. The maximum atomic E-state index is 12.8. The first-order chi connectivity index (χ1) is 14.6. The number of nitrogens with one attached hydrogen (secondary N) is 1. The van der Waals surface area contributed by atoms with Crippen LogP contribution in [0.5, 0.6) is 11.5 Å². The van der Waals surface area contributed by atoms with Gasteiger partial charge >= 0.3 is 5.97 Å². The lowest BCUT2D eigenvalue weighted by Crippen LogP contribution is -2.16. The Hall–Kier alpha value is -3.47. The molecule has 0 saturated heterocycles. The van der Waals surface area contributed by atoms with E-state index in [0.717, 1.165) is 6.42 Å². The van der Waals surface area contributed by atoms with Gasteiger partial charge in [-0.3, -0.25) is 4.79 Å². The zero-order valence-electron chi connectivity index (χ0n) is 16.7. The number of esters is 1. The molecule has 1 aromatic carbocycles. The molecule has 0 aliphatic rings. The monoisotopic (exact) mass is 431 g/mol. The van der Waals surface area contributed by atoms with Crippen LogP contribution >= 0.6 is 11.3 Å². The largest absolute Gasteiger partial charge is 0.493 e. The zero-order chi connectivity index (χ0) is 21.5. The van der Waals surface area contributed by atoms with E-state index >= 15 is 0 Å². The van der Waals surface area contributed by atoms with E-state index in [1.165, 1.54) is 37.7 Å². The lowest BCUT2D eigenvalue weighted by molar-refractivity contribution is 0.0457. The Morgan fingerprint density at radius 3 is 2.63 bits per heavy atom. The molecule has 0 bridgehead atoms. The number of hydrogen-bond acceptors (Lipinski definition) is 9. The van der Waals surface area contributed by atoms with Crippen molar-refractivity contribution in [3.05, 3.63) is 45.9 Å². The third-order valence-corrected chi connectivity index (χ3v) is 4.98. The Balaban J connectivity index is 1.86. The smallest absolute Gasteiger partial charge is 0.340 e. The number of methoxy groups -OCH3 is 2. The summed E-state index contributed by atoms with van der Waals surface area (Å²) < 4.78 is 17.5. The maximum Gasteiger partial charge on any atom is 0.340 e. The second kappa shape index (κ2) is 9.83. The Bertz CT molecular complexity index is 1020. The van der Waals surface area contributed by atoms with E-state index < -0.39 is 5.97 Å². The molecule has 10 nitrogen and oxygen atoms in total. The summed E-state index contributed by atoms with van der Waals surface area (Å²) in [7, 11) is 2.92. The van der Waals surface area contributed by atoms with Crippen molar-refractivity contribution in [3.63, 3.8) is 0 Å². The number of aromatic nitrogens is 4. The number of ether oxygens (including phenoxy) is 3. The molecule has 2 heterocycles. The molecule has 0 saturated carbocycles. The summed E-state index contributed by atoms with van der Waals surface area (Å²) >= 11 is 1.29. The number of aryl methyl sites for hydroxylation is 1. The number of thiophene rings is 1. The van der Waals surface area contributed by atoms with E-state index in [-0.39, 0.29) is 23.8 Å². The van der Waals surface area contributed by atoms with Crippen molar-refractivity contribution in [2.75, 3.05) is 19.5 Å². The molecule has 0 aliphatic carbocycles. The van der Waals surface area contributed by atoms with E-state index in [1.807, 2.05) is 6.92 Å². The highest BCUT2D eigenvalue weighted by atomic mass is 32.1. The molecule has 158 valence electrons. The third-order valence-electron chi connectivity index (χ3n) is 4.11. The highest BCUT2D eigenvalue weighted by Crippen LogP contribution is 2.34. The summed E-state index contributed by atoms with van der Waals surface area (Å²) in [6.45, 7) is 2.49. The van der Waals surface area contributed by atoms with Gasteiger partial charge in [-0.25, -0.2) is 9.48 Å². The molecule has 0 unspecified atom stereocenters. The van der Waals surface area contributed by atoms with Gasteiger partial charge in [0.25, 0.3) is 5.91 Å². The molecule has 1 amide bonds. The molecule has 3 aromatic rings. The molecule has 0 fully saturated rings. The minimum atomic E-state index is -0.663. The van der Waals surface area contributed by atoms with Crippen LogP contribution in [0.1, 0.15) is 39.2 Å². The summed E-state index contributed by atoms with van der Waals surface area (Å²) in [5, 5.41) is 15.9. The number of amides is 1. The van der Waals surface area contributed by atoms with Crippen LogP contribution in [0.2, 0.25) is 0 Å². The number of carbonyl (C=O) groups is 2. The summed E-state index contributed by atoms with van der Waals surface area (Å²) in [5.74, 6) is 0.105. The average Bonchev–Trinajstić information content (AvgIpc) is 3.44. The highest BCUT2D eigenvalue weighted by Gasteiger charge is 2.21. The van der Waals surface area contributed by atoms with Gasteiger partial charge < -0.3 is 19.5 Å². The predicted octanol–water partition coefficient (Wildman–Crippen LogP) is 2.77. The van der Waals surface area contributed by atoms with Crippen molar-refractivity contribution in [2.24, 2.45) is 0 Å². The lowest BCUT2D eigenvalue weighted by Gasteiger charge is -2.15. The molecule has 0 aliphatic heterocycles. The fourth-order valence-corrected chi connectivity index (χ4v) is 3.28. The van der Waals surface area contributed by atoms with Gasteiger partial charge in [-0.2, -0.15) is 0 Å². The SMILES string of the molecule is CCCn1nnnc1COC(=O)c1cc(OC)c(OC)cc1NC(=O)c1cccs1. The lowest BCUT2D eigenvalue weighted by atomic mass is 10.1. The van der Waals surface area contributed by atoms with E-state index in [0.29, 0.717) is 28.7 Å². The number of carbonyl (C=O) groups excluding carboxylic acids is 2. The first-order valence-corrected chi connectivity index (χ1v) is 9.98. The average molecular weight is 431 g/mol. The number of tetrazole rings is 1. The van der Waals surface area contributed by atoms with Gasteiger partial charge in [0.1, 0.15) is 0 Å². The van der Waals surface area contributed by atoms with Gasteiger partial charge in [-0.05, 0) is 28.3 Å². The van der Waals surface area contributed by atoms with E-state index in [1.54, 1.807) is 22.2 Å². The van der Waals surface area contributed by atoms with Crippen LogP contribution in [-0.2, 0) is 17.9 Å². The second-order valence-electron chi connectivity index (χ2n) is 6.08. The first-order valence-electron chi connectivity index (χ1n) is 9.10. The molecule has 30 heavy (non-hydrogen) atoms. The van der Waals surface area contributed by atoms with Crippen molar-refractivity contribution in [1.29, 1.82) is 0 Å². The minimum absolute atomic E-state index is 0.113. The van der Waals surface area contributed by atoms with E-state index in [4.69, 9.17) is 14.2 Å². The summed E-state index contributed by atoms with van der Waals surface area (Å²) in [6, 6.07) is 6.43. The van der Waals surface area contributed by atoms with Crippen LogP contribution in [0.4, 0.5) is 5.69 Å². The van der Waals surface area contributed by atoms with Crippen LogP contribution < -0.4 is 14.8 Å². The number of hydrogen-bond donors (Lipinski definition) is 1. The van der Waals surface area contributed by atoms with E-state index in [2.05, 4.69) is 20.8 Å². The Kier molecular flexibility index (Phi) is 6.96. The van der Waals surface area contributed by atoms with Crippen molar-refractivity contribution in [1.82, 2.24) is 20.2 Å². The van der Waals surface area contributed by atoms with Crippen molar-refractivity contribution < 1.29 is 23.8 Å². The Morgan fingerprint density at radius 2 is 1.97 bits per heavy atom. The van der Waals surface area contributed by atoms with Gasteiger partial charge in [-0.15, -0.1) is 16.4 Å².